The second-order valence-corrected chi connectivity index (χ2v) is 6.31. The van der Waals surface area contributed by atoms with E-state index in [0.29, 0.717) is 17.0 Å². The van der Waals surface area contributed by atoms with Gasteiger partial charge >= 0.3 is 0 Å². The van der Waals surface area contributed by atoms with Gasteiger partial charge in [-0.15, -0.1) is 0 Å². The number of nitrogens with one attached hydrogen (secondary N) is 2. The smallest absolute Gasteiger partial charge is 0.255 e. The first kappa shape index (κ1) is 17.1. The summed E-state index contributed by atoms with van der Waals surface area (Å²) in [5.74, 6) is 0.449. The largest absolute Gasteiger partial charge is 0.491 e. The summed E-state index contributed by atoms with van der Waals surface area (Å²) >= 11 is 0. The second kappa shape index (κ2) is 7.09. The van der Waals surface area contributed by atoms with E-state index in [0.717, 1.165) is 27.4 Å². The zero-order valence-electron chi connectivity index (χ0n) is 14.8. The fraction of sp³-hybridized carbons (Fsp3) is 0.143. The number of aromatic amines is 1. The van der Waals surface area contributed by atoms with Crippen molar-refractivity contribution in [1.82, 2.24) is 9.97 Å². The molecule has 1 amide bonds. The Kier molecular flexibility index (Phi) is 4.48. The minimum Gasteiger partial charge on any atom is -0.491 e. The van der Waals surface area contributed by atoms with Gasteiger partial charge < -0.3 is 20.1 Å². The van der Waals surface area contributed by atoms with E-state index in [2.05, 4.69) is 15.3 Å². The molecule has 6 heteroatoms. The van der Waals surface area contributed by atoms with Crippen molar-refractivity contribution in [2.75, 3.05) is 18.5 Å². The number of aryl methyl sites for hydroxylation is 1. The fourth-order valence-electron chi connectivity index (χ4n) is 3.18. The van der Waals surface area contributed by atoms with Crippen LogP contribution in [0.15, 0.2) is 54.9 Å². The van der Waals surface area contributed by atoms with Crippen LogP contribution in [0.3, 0.4) is 0 Å². The molecule has 0 aliphatic carbocycles. The Balaban J connectivity index is 1.58. The number of carbonyl (C=O) groups excluding carboxylic acids is 1. The van der Waals surface area contributed by atoms with E-state index in [1.54, 1.807) is 30.6 Å². The molecule has 6 nitrogen and oxygen atoms in total. The first-order chi connectivity index (χ1) is 13.2. The van der Waals surface area contributed by atoms with E-state index >= 15 is 0 Å². The first-order valence-corrected chi connectivity index (χ1v) is 8.67. The fourth-order valence-corrected chi connectivity index (χ4v) is 3.18. The average molecular weight is 361 g/mol. The van der Waals surface area contributed by atoms with Gasteiger partial charge in [-0.2, -0.15) is 0 Å². The zero-order chi connectivity index (χ0) is 18.8. The van der Waals surface area contributed by atoms with Crippen molar-refractivity contribution in [3.05, 3.63) is 66.0 Å². The van der Waals surface area contributed by atoms with Gasteiger partial charge in [0, 0.05) is 33.7 Å². The summed E-state index contributed by atoms with van der Waals surface area (Å²) in [6, 6.07) is 13.0. The molecule has 0 radical (unpaired) electrons. The van der Waals surface area contributed by atoms with Gasteiger partial charge in [0.05, 0.1) is 18.3 Å². The number of carbonyl (C=O) groups is 1. The lowest BCUT2D eigenvalue weighted by atomic mass is 10.1. The third-order valence-corrected chi connectivity index (χ3v) is 4.46. The van der Waals surface area contributed by atoms with Crippen molar-refractivity contribution in [1.29, 1.82) is 0 Å². The molecule has 0 saturated carbocycles. The van der Waals surface area contributed by atoms with E-state index < -0.39 is 0 Å². The van der Waals surface area contributed by atoms with Gasteiger partial charge in [-0.25, -0.2) is 0 Å². The number of fused-ring (bicyclic) bond motifs is 3. The van der Waals surface area contributed by atoms with Crippen molar-refractivity contribution in [2.45, 2.75) is 6.92 Å². The van der Waals surface area contributed by atoms with Crippen LogP contribution in [0.25, 0.3) is 21.8 Å². The van der Waals surface area contributed by atoms with Crippen LogP contribution in [0, 0.1) is 6.92 Å². The van der Waals surface area contributed by atoms with Crippen LogP contribution in [0.2, 0.25) is 0 Å². The average Bonchev–Trinajstić information content (AvgIpc) is 3.04. The highest BCUT2D eigenvalue weighted by Crippen LogP contribution is 2.27. The molecule has 136 valence electrons. The third kappa shape index (κ3) is 3.35. The molecule has 0 unspecified atom stereocenters. The molecular weight excluding hydrogens is 342 g/mol. The number of amides is 1. The standard InChI is InChI=1S/C21H19N3O3/c1-13-10-15(27-9-8-25)3-5-16(13)21(26)23-14-2-4-17-18-6-7-22-12-20(18)24-19(17)11-14/h2-7,10-12,24-25H,8-9H2,1H3,(H,23,26). The number of hydrogen-bond donors (Lipinski definition) is 3. The maximum atomic E-state index is 12.7. The minimum atomic E-state index is -0.182. The Morgan fingerprint density at radius 2 is 2.00 bits per heavy atom. The molecule has 2 heterocycles. The molecule has 0 saturated heterocycles. The van der Waals surface area contributed by atoms with Crippen molar-refractivity contribution in [3.8, 4) is 5.75 Å². The molecule has 4 aromatic rings. The molecule has 2 aromatic heterocycles. The summed E-state index contributed by atoms with van der Waals surface area (Å²) in [7, 11) is 0. The molecule has 0 atom stereocenters. The van der Waals surface area contributed by atoms with Gasteiger partial charge in [-0.1, -0.05) is 6.07 Å². The van der Waals surface area contributed by atoms with Crippen LogP contribution in [-0.4, -0.2) is 34.2 Å². The van der Waals surface area contributed by atoms with Crippen LogP contribution in [0.5, 0.6) is 5.75 Å². The number of aliphatic hydroxyl groups is 1. The number of pyridine rings is 1. The Bertz CT molecular complexity index is 1130. The van der Waals surface area contributed by atoms with Crippen LogP contribution in [0.4, 0.5) is 5.69 Å². The minimum absolute atomic E-state index is 0.0480. The van der Waals surface area contributed by atoms with Gasteiger partial charge in [-0.3, -0.25) is 9.78 Å². The van der Waals surface area contributed by atoms with E-state index in [1.807, 2.05) is 31.2 Å². The van der Waals surface area contributed by atoms with Gasteiger partial charge in [0.2, 0.25) is 0 Å². The zero-order valence-corrected chi connectivity index (χ0v) is 14.8. The second-order valence-electron chi connectivity index (χ2n) is 6.31. The topological polar surface area (TPSA) is 87.2 Å². The van der Waals surface area contributed by atoms with Gasteiger partial charge in [0.15, 0.2) is 0 Å². The van der Waals surface area contributed by atoms with Crippen LogP contribution >= 0.6 is 0 Å². The predicted molar refractivity (Wildman–Crippen MR) is 105 cm³/mol. The van der Waals surface area contributed by atoms with Gasteiger partial charge in [0.1, 0.15) is 12.4 Å². The number of hydrogen-bond acceptors (Lipinski definition) is 4. The number of aromatic nitrogens is 2. The summed E-state index contributed by atoms with van der Waals surface area (Å²) in [6.45, 7) is 2.03. The van der Waals surface area contributed by atoms with E-state index in [9.17, 15) is 4.79 Å². The Hall–Kier alpha value is -3.38. The van der Waals surface area contributed by atoms with Crippen molar-refractivity contribution in [2.24, 2.45) is 0 Å². The van der Waals surface area contributed by atoms with Gasteiger partial charge in [0.25, 0.3) is 5.91 Å². The highest BCUT2D eigenvalue weighted by Gasteiger charge is 2.12. The number of anilines is 1. The molecule has 0 spiro atoms. The molecule has 0 fully saturated rings. The molecule has 0 bridgehead atoms. The van der Waals surface area contributed by atoms with Crippen LogP contribution < -0.4 is 10.1 Å². The highest BCUT2D eigenvalue weighted by atomic mass is 16.5. The SMILES string of the molecule is Cc1cc(OCCO)ccc1C(=O)Nc1ccc2c(c1)[nH]c1cnccc12. The number of aliphatic hydroxyl groups excluding tert-OH is 1. The Labute approximate surface area is 155 Å². The van der Waals surface area contributed by atoms with E-state index in [-0.39, 0.29) is 19.1 Å². The van der Waals surface area contributed by atoms with E-state index in [4.69, 9.17) is 9.84 Å². The summed E-state index contributed by atoms with van der Waals surface area (Å²) in [6.07, 6.45) is 3.55. The van der Waals surface area contributed by atoms with Crippen molar-refractivity contribution < 1.29 is 14.6 Å². The highest BCUT2D eigenvalue weighted by molar-refractivity contribution is 6.10. The predicted octanol–water partition coefficient (Wildman–Crippen LogP) is 3.65. The lowest BCUT2D eigenvalue weighted by Gasteiger charge is -2.10. The Morgan fingerprint density at radius 1 is 1.15 bits per heavy atom. The van der Waals surface area contributed by atoms with Crippen molar-refractivity contribution >= 4 is 33.4 Å². The molecule has 0 aliphatic heterocycles. The number of benzene rings is 2. The normalized spacial score (nSPS) is 11.0. The number of H-pyrrole nitrogens is 1. The molecule has 27 heavy (non-hydrogen) atoms. The van der Waals surface area contributed by atoms with Crippen LogP contribution in [-0.2, 0) is 0 Å². The van der Waals surface area contributed by atoms with Crippen LogP contribution in [0.1, 0.15) is 15.9 Å². The molecule has 0 aliphatic rings. The summed E-state index contributed by atoms with van der Waals surface area (Å²) in [5, 5.41) is 14.0. The van der Waals surface area contributed by atoms with Crippen molar-refractivity contribution in [3.63, 3.8) is 0 Å². The van der Waals surface area contributed by atoms with Gasteiger partial charge in [-0.05, 0) is 48.9 Å². The quantitative estimate of drug-likeness (QED) is 0.506. The Morgan fingerprint density at radius 3 is 2.81 bits per heavy atom. The molecular formula is C21H19N3O3. The third-order valence-electron chi connectivity index (χ3n) is 4.46. The van der Waals surface area contributed by atoms with E-state index in [1.165, 1.54) is 0 Å². The molecule has 3 N–H and O–H groups in total. The summed E-state index contributed by atoms with van der Waals surface area (Å²) in [4.78, 5) is 20.1. The number of rotatable bonds is 5. The molecule has 4 rings (SSSR count). The monoisotopic (exact) mass is 361 g/mol. The number of nitrogens with zero attached hydrogens (tertiary/aromatic N) is 1. The molecule has 2 aromatic carbocycles. The maximum Gasteiger partial charge on any atom is 0.255 e. The summed E-state index contributed by atoms with van der Waals surface area (Å²) in [5.41, 5.74) is 4.01. The lowest BCUT2D eigenvalue weighted by molar-refractivity contribution is 0.102. The first-order valence-electron chi connectivity index (χ1n) is 8.67. The summed E-state index contributed by atoms with van der Waals surface area (Å²) < 4.78 is 5.38. The number of ether oxygens (including phenoxy) is 1. The maximum absolute atomic E-state index is 12.7. The lowest BCUT2D eigenvalue weighted by Crippen LogP contribution is -2.13.